The van der Waals surface area contributed by atoms with Crippen LogP contribution >= 0.6 is 22.6 Å². The van der Waals surface area contributed by atoms with Crippen LogP contribution < -0.4 is 11.5 Å². The van der Waals surface area contributed by atoms with Crippen molar-refractivity contribution in [2.75, 3.05) is 0 Å². The van der Waals surface area contributed by atoms with Crippen molar-refractivity contribution in [1.82, 2.24) is 0 Å². The summed E-state index contributed by atoms with van der Waals surface area (Å²) in [7, 11) is 0. The number of amides is 1. The maximum absolute atomic E-state index is 11.0. The third-order valence-corrected chi connectivity index (χ3v) is 1.57. The van der Waals surface area contributed by atoms with Crippen molar-refractivity contribution in [2.45, 2.75) is 13.8 Å². The zero-order chi connectivity index (χ0) is 11.1. The number of nitrogens with two attached hydrogens (primary N) is 2. The maximum atomic E-state index is 11.0. The van der Waals surface area contributed by atoms with Gasteiger partial charge in [0.15, 0.2) is 5.96 Å². The summed E-state index contributed by atoms with van der Waals surface area (Å²) < 4.78 is 0.548. The first-order valence-corrected chi connectivity index (χ1v) is 5.04. The Balaban J connectivity index is 4.38. The molecule has 0 saturated carbocycles. The number of guanidine groups is 1. The summed E-state index contributed by atoms with van der Waals surface area (Å²) in [6.45, 7) is 3.98. The lowest BCUT2D eigenvalue weighted by molar-refractivity contribution is -0.113. The highest BCUT2D eigenvalue weighted by molar-refractivity contribution is 14.1. The molecule has 0 spiro atoms. The summed E-state index contributed by atoms with van der Waals surface area (Å²) in [5, 5.41) is 0. The minimum Gasteiger partial charge on any atom is -0.370 e. The van der Waals surface area contributed by atoms with E-state index >= 15 is 0 Å². The standard InChI is InChI=1S/C8H13IN4O/c1-5(2)4-12-6(9)3-7(14)13-8(10)11/h3-5H,1-2H3,(H4,10,11,13,14)/b6-3+,12-4?. The van der Waals surface area contributed by atoms with Crippen LogP contribution in [0.15, 0.2) is 19.8 Å². The molecule has 0 fully saturated rings. The van der Waals surface area contributed by atoms with Crippen LogP contribution in [0, 0.1) is 5.92 Å². The van der Waals surface area contributed by atoms with Crippen LogP contribution in [0.3, 0.4) is 0 Å². The van der Waals surface area contributed by atoms with Crippen molar-refractivity contribution in [1.29, 1.82) is 0 Å². The van der Waals surface area contributed by atoms with Gasteiger partial charge in [0, 0.05) is 12.3 Å². The summed E-state index contributed by atoms with van der Waals surface area (Å²) in [6, 6.07) is 0. The Hall–Kier alpha value is -0.920. The molecular weight excluding hydrogens is 295 g/mol. The smallest absolute Gasteiger partial charge is 0.275 e. The van der Waals surface area contributed by atoms with Crippen LogP contribution in [-0.2, 0) is 4.79 Å². The average Bonchev–Trinajstić information content (AvgIpc) is 1.98. The fourth-order valence-corrected chi connectivity index (χ4v) is 0.946. The molecule has 0 atom stereocenters. The van der Waals surface area contributed by atoms with Crippen molar-refractivity contribution in [3.05, 3.63) is 9.78 Å². The summed E-state index contributed by atoms with van der Waals surface area (Å²) in [5.74, 6) is -0.412. The van der Waals surface area contributed by atoms with Gasteiger partial charge in [0.1, 0.15) is 3.70 Å². The second-order valence-electron chi connectivity index (χ2n) is 2.86. The lowest BCUT2D eigenvalue weighted by atomic mass is 10.2. The predicted octanol–water partition coefficient (Wildman–Crippen LogP) is 0.790. The number of aliphatic imine (C=N–C) groups is 2. The van der Waals surface area contributed by atoms with Gasteiger partial charge in [-0.2, -0.15) is 4.99 Å². The van der Waals surface area contributed by atoms with E-state index < -0.39 is 5.91 Å². The molecule has 0 heterocycles. The molecule has 78 valence electrons. The van der Waals surface area contributed by atoms with E-state index in [1.165, 1.54) is 6.08 Å². The van der Waals surface area contributed by atoms with Gasteiger partial charge in [0.05, 0.1) is 0 Å². The summed E-state index contributed by atoms with van der Waals surface area (Å²) in [4.78, 5) is 18.4. The second-order valence-corrected chi connectivity index (χ2v) is 3.97. The number of hydrogen-bond acceptors (Lipinski definition) is 2. The minimum absolute atomic E-state index is 0.247. The van der Waals surface area contributed by atoms with Crippen LogP contribution in [0.25, 0.3) is 0 Å². The number of rotatable bonds is 3. The topological polar surface area (TPSA) is 93.8 Å². The Bertz CT molecular complexity index is 290. The van der Waals surface area contributed by atoms with Crippen molar-refractivity contribution >= 4 is 40.7 Å². The molecule has 0 radical (unpaired) electrons. The van der Waals surface area contributed by atoms with E-state index in [0.29, 0.717) is 9.62 Å². The van der Waals surface area contributed by atoms with Gasteiger partial charge in [0.2, 0.25) is 0 Å². The Morgan fingerprint density at radius 3 is 2.43 bits per heavy atom. The van der Waals surface area contributed by atoms with Gasteiger partial charge in [-0.25, -0.2) is 0 Å². The molecule has 0 aliphatic carbocycles. The van der Waals surface area contributed by atoms with Crippen molar-refractivity contribution < 1.29 is 4.79 Å². The fraction of sp³-hybridized carbons (Fsp3) is 0.375. The molecule has 0 unspecified atom stereocenters. The van der Waals surface area contributed by atoms with E-state index in [4.69, 9.17) is 11.5 Å². The van der Waals surface area contributed by atoms with Gasteiger partial charge in [-0.15, -0.1) is 0 Å². The third kappa shape index (κ3) is 7.71. The number of hydrogen-bond donors (Lipinski definition) is 2. The highest BCUT2D eigenvalue weighted by atomic mass is 127. The largest absolute Gasteiger partial charge is 0.370 e. The Kier molecular flexibility index (Phi) is 6.09. The zero-order valence-electron chi connectivity index (χ0n) is 8.07. The Morgan fingerprint density at radius 1 is 1.43 bits per heavy atom. The SMILES string of the molecule is CC(C)C=N/C(I)=C/C(=O)N=C(N)N. The molecule has 4 N–H and O–H groups in total. The predicted molar refractivity (Wildman–Crippen MR) is 66.2 cm³/mol. The van der Waals surface area contributed by atoms with E-state index in [9.17, 15) is 4.79 Å². The first-order valence-electron chi connectivity index (χ1n) is 3.96. The first-order chi connectivity index (χ1) is 6.41. The van der Waals surface area contributed by atoms with Gasteiger partial charge < -0.3 is 11.5 Å². The highest BCUT2D eigenvalue weighted by Gasteiger charge is 1.96. The van der Waals surface area contributed by atoms with Gasteiger partial charge in [0.25, 0.3) is 5.91 Å². The van der Waals surface area contributed by atoms with Crippen molar-refractivity contribution in [3.8, 4) is 0 Å². The van der Waals surface area contributed by atoms with Crippen LogP contribution in [-0.4, -0.2) is 18.1 Å². The number of halogens is 1. The number of carbonyl (C=O) groups excluding carboxylic acids is 1. The van der Waals surface area contributed by atoms with Crippen LogP contribution in [0.1, 0.15) is 13.8 Å². The lowest BCUT2D eigenvalue weighted by Gasteiger charge is -1.92. The fourth-order valence-electron chi connectivity index (χ4n) is 0.519. The molecule has 0 aliphatic heterocycles. The van der Waals surface area contributed by atoms with Crippen molar-refractivity contribution in [3.63, 3.8) is 0 Å². The Labute approximate surface area is 96.5 Å². The number of nitrogens with zero attached hydrogens (tertiary/aromatic N) is 2. The summed E-state index contributed by atoms with van der Waals surface area (Å²) >= 11 is 1.93. The van der Waals surface area contributed by atoms with Gasteiger partial charge in [-0.1, -0.05) is 13.8 Å². The highest BCUT2D eigenvalue weighted by Crippen LogP contribution is 2.07. The van der Waals surface area contributed by atoms with E-state index in [1.54, 1.807) is 6.21 Å². The molecular formula is C8H13IN4O. The summed E-state index contributed by atoms with van der Waals surface area (Å²) in [5.41, 5.74) is 10.1. The molecule has 0 aromatic carbocycles. The van der Waals surface area contributed by atoms with Crippen LogP contribution in [0.5, 0.6) is 0 Å². The molecule has 0 aliphatic rings. The quantitative estimate of drug-likeness (QED) is 0.265. The van der Waals surface area contributed by atoms with E-state index in [-0.39, 0.29) is 5.96 Å². The second kappa shape index (κ2) is 6.52. The lowest BCUT2D eigenvalue weighted by Crippen LogP contribution is -2.23. The zero-order valence-corrected chi connectivity index (χ0v) is 10.2. The first kappa shape index (κ1) is 13.1. The van der Waals surface area contributed by atoms with Crippen molar-refractivity contribution in [2.24, 2.45) is 27.4 Å². The molecule has 0 rings (SSSR count). The Morgan fingerprint density at radius 2 is 2.00 bits per heavy atom. The molecule has 1 amide bonds. The van der Waals surface area contributed by atoms with Crippen LogP contribution in [0.4, 0.5) is 0 Å². The monoisotopic (exact) mass is 308 g/mol. The molecule has 6 heteroatoms. The van der Waals surface area contributed by atoms with Gasteiger partial charge in [-0.3, -0.25) is 9.79 Å². The molecule has 0 aromatic heterocycles. The molecule has 0 aromatic rings. The third-order valence-electron chi connectivity index (χ3n) is 0.978. The van der Waals surface area contributed by atoms with Gasteiger partial charge >= 0.3 is 0 Å². The molecule has 5 nitrogen and oxygen atoms in total. The van der Waals surface area contributed by atoms with E-state index in [0.717, 1.165) is 0 Å². The van der Waals surface area contributed by atoms with E-state index in [1.807, 2.05) is 36.4 Å². The minimum atomic E-state index is -0.504. The van der Waals surface area contributed by atoms with Crippen LogP contribution in [0.2, 0.25) is 0 Å². The maximum Gasteiger partial charge on any atom is 0.275 e. The number of carbonyl (C=O) groups is 1. The molecule has 0 saturated heterocycles. The molecule has 14 heavy (non-hydrogen) atoms. The van der Waals surface area contributed by atoms with E-state index in [2.05, 4.69) is 9.98 Å². The van der Waals surface area contributed by atoms with Gasteiger partial charge in [-0.05, 0) is 28.5 Å². The average molecular weight is 308 g/mol. The molecule has 0 bridgehead atoms. The summed E-state index contributed by atoms with van der Waals surface area (Å²) in [6.07, 6.45) is 3.00. The normalized spacial score (nSPS) is 12.1.